The number of aromatic nitrogens is 2. The molecule has 1 saturated carbocycles. The van der Waals surface area contributed by atoms with Crippen LogP contribution in [0.25, 0.3) is 10.6 Å². The number of carbonyl (C=O) groups excluding carboxylic acids is 1. The lowest BCUT2D eigenvalue weighted by Crippen LogP contribution is -2.36. The summed E-state index contributed by atoms with van der Waals surface area (Å²) in [6.07, 6.45) is 2.85. The molecule has 8 heteroatoms. The van der Waals surface area contributed by atoms with Gasteiger partial charge >= 0.3 is 5.97 Å². The summed E-state index contributed by atoms with van der Waals surface area (Å²) in [5.74, 6) is -1.58. The molecule has 1 heterocycles. The number of nitrogens with zero attached hydrogens (tertiary/aromatic N) is 2. The van der Waals surface area contributed by atoms with Crippen molar-refractivity contribution in [1.29, 1.82) is 0 Å². The van der Waals surface area contributed by atoms with Gasteiger partial charge in [0.25, 0.3) is 0 Å². The maximum atomic E-state index is 12.5. The molecule has 0 spiro atoms. The van der Waals surface area contributed by atoms with Gasteiger partial charge in [0.1, 0.15) is 10.8 Å². The summed E-state index contributed by atoms with van der Waals surface area (Å²) < 4.78 is 5.12. The number of benzene rings is 1. The maximum absolute atomic E-state index is 12.5. The largest absolute Gasteiger partial charge is 0.497 e. The predicted molar refractivity (Wildman–Crippen MR) is 93.6 cm³/mol. The summed E-state index contributed by atoms with van der Waals surface area (Å²) >= 11 is 1.26. The summed E-state index contributed by atoms with van der Waals surface area (Å²) in [6, 6.07) is 7.39. The Hall–Kier alpha value is -2.48. The van der Waals surface area contributed by atoms with Crippen molar-refractivity contribution in [3.05, 3.63) is 24.3 Å². The van der Waals surface area contributed by atoms with Crippen molar-refractivity contribution in [2.24, 2.45) is 11.8 Å². The standard InChI is InChI=1S/C17H19N3O4S/c1-24-11-8-6-10(7-9-11)15-19-20-17(25-15)18-14(21)12-4-2-3-5-13(12)16(22)23/h6-9,12-13H,2-5H2,1H3,(H,22,23)(H,18,20,21). The van der Waals surface area contributed by atoms with Crippen LogP contribution in [0.5, 0.6) is 5.75 Å². The van der Waals surface area contributed by atoms with E-state index in [0.29, 0.717) is 23.0 Å². The minimum atomic E-state index is -0.906. The average molecular weight is 361 g/mol. The first-order valence-corrected chi connectivity index (χ1v) is 8.91. The van der Waals surface area contributed by atoms with Crippen molar-refractivity contribution in [3.8, 4) is 16.3 Å². The molecular formula is C17H19N3O4S. The zero-order chi connectivity index (χ0) is 17.8. The fourth-order valence-corrected chi connectivity index (χ4v) is 3.81. The molecule has 2 atom stereocenters. The molecule has 0 radical (unpaired) electrons. The number of carboxylic acid groups (broad SMARTS) is 1. The number of hydrogen-bond acceptors (Lipinski definition) is 6. The molecule has 2 N–H and O–H groups in total. The molecule has 1 aliphatic rings. The highest BCUT2D eigenvalue weighted by Gasteiger charge is 2.36. The van der Waals surface area contributed by atoms with Crippen molar-refractivity contribution in [1.82, 2.24) is 10.2 Å². The van der Waals surface area contributed by atoms with E-state index in [4.69, 9.17) is 4.74 Å². The zero-order valence-corrected chi connectivity index (χ0v) is 14.6. The minimum absolute atomic E-state index is 0.287. The predicted octanol–water partition coefficient (Wildman–Crippen LogP) is 3.04. The highest BCUT2D eigenvalue weighted by molar-refractivity contribution is 7.18. The molecule has 2 unspecified atom stereocenters. The molecule has 0 saturated heterocycles. The van der Waals surface area contributed by atoms with Crippen LogP contribution in [0.3, 0.4) is 0 Å². The van der Waals surface area contributed by atoms with Crippen LogP contribution in [-0.4, -0.2) is 34.3 Å². The monoisotopic (exact) mass is 361 g/mol. The molecule has 1 aromatic carbocycles. The second-order valence-corrected chi connectivity index (χ2v) is 6.94. The fraction of sp³-hybridized carbons (Fsp3) is 0.412. The van der Waals surface area contributed by atoms with Crippen LogP contribution in [0.1, 0.15) is 25.7 Å². The lowest BCUT2D eigenvalue weighted by atomic mass is 9.79. The Kier molecular flexibility index (Phi) is 5.28. The molecule has 1 aromatic heterocycles. The van der Waals surface area contributed by atoms with Gasteiger partial charge in [-0.1, -0.05) is 24.2 Å². The Morgan fingerprint density at radius 1 is 1.16 bits per heavy atom. The molecule has 25 heavy (non-hydrogen) atoms. The van der Waals surface area contributed by atoms with Crippen LogP contribution in [0.2, 0.25) is 0 Å². The van der Waals surface area contributed by atoms with E-state index in [1.807, 2.05) is 24.3 Å². The Balaban J connectivity index is 1.69. The maximum Gasteiger partial charge on any atom is 0.307 e. The van der Waals surface area contributed by atoms with Gasteiger partial charge < -0.3 is 15.2 Å². The number of ether oxygens (including phenoxy) is 1. The molecule has 0 aliphatic heterocycles. The van der Waals surface area contributed by atoms with Gasteiger partial charge in [-0.05, 0) is 37.1 Å². The second-order valence-electron chi connectivity index (χ2n) is 5.97. The molecule has 2 aromatic rings. The lowest BCUT2D eigenvalue weighted by molar-refractivity contribution is -0.147. The second kappa shape index (κ2) is 7.60. The summed E-state index contributed by atoms with van der Waals surface area (Å²) in [4.78, 5) is 23.8. The fourth-order valence-electron chi connectivity index (χ4n) is 3.06. The number of aliphatic carboxylic acids is 1. The van der Waals surface area contributed by atoms with Crippen molar-refractivity contribution in [3.63, 3.8) is 0 Å². The molecule has 3 rings (SSSR count). The summed E-state index contributed by atoms with van der Waals surface area (Å²) in [7, 11) is 1.60. The Morgan fingerprint density at radius 3 is 2.48 bits per heavy atom. The van der Waals surface area contributed by atoms with Gasteiger partial charge in [0.2, 0.25) is 11.0 Å². The van der Waals surface area contributed by atoms with Gasteiger partial charge in [-0.3, -0.25) is 9.59 Å². The van der Waals surface area contributed by atoms with E-state index < -0.39 is 17.8 Å². The van der Waals surface area contributed by atoms with Gasteiger partial charge in [-0.2, -0.15) is 0 Å². The quantitative estimate of drug-likeness (QED) is 0.849. The summed E-state index contributed by atoms with van der Waals surface area (Å²) in [5, 5.41) is 21.2. The number of carbonyl (C=O) groups is 2. The molecular weight excluding hydrogens is 342 g/mol. The first-order valence-electron chi connectivity index (χ1n) is 8.10. The number of anilines is 1. The molecule has 1 amide bonds. The first-order chi connectivity index (χ1) is 12.1. The minimum Gasteiger partial charge on any atom is -0.497 e. The van der Waals surface area contributed by atoms with E-state index in [0.717, 1.165) is 24.2 Å². The number of hydrogen-bond donors (Lipinski definition) is 2. The van der Waals surface area contributed by atoms with E-state index in [1.54, 1.807) is 7.11 Å². The number of rotatable bonds is 5. The Morgan fingerprint density at radius 2 is 1.84 bits per heavy atom. The number of amides is 1. The number of nitrogens with one attached hydrogen (secondary N) is 1. The van der Waals surface area contributed by atoms with Crippen LogP contribution in [0.4, 0.5) is 5.13 Å². The topological polar surface area (TPSA) is 101 Å². The zero-order valence-electron chi connectivity index (χ0n) is 13.8. The van der Waals surface area contributed by atoms with Crippen LogP contribution in [0, 0.1) is 11.8 Å². The molecule has 132 valence electrons. The van der Waals surface area contributed by atoms with E-state index in [1.165, 1.54) is 11.3 Å². The third kappa shape index (κ3) is 3.96. The van der Waals surface area contributed by atoms with E-state index in [9.17, 15) is 14.7 Å². The van der Waals surface area contributed by atoms with E-state index in [2.05, 4.69) is 15.5 Å². The van der Waals surface area contributed by atoms with Crippen LogP contribution in [0.15, 0.2) is 24.3 Å². The van der Waals surface area contributed by atoms with Crippen LogP contribution < -0.4 is 10.1 Å². The Bertz CT molecular complexity index is 760. The van der Waals surface area contributed by atoms with Crippen LogP contribution in [-0.2, 0) is 9.59 Å². The van der Waals surface area contributed by atoms with Gasteiger partial charge in [0, 0.05) is 5.56 Å². The normalized spacial score (nSPS) is 20.0. The molecule has 1 fully saturated rings. The number of carboxylic acids is 1. The van der Waals surface area contributed by atoms with E-state index in [-0.39, 0.29) is 5.91 Å². The van der Waals surface area contributed by atoms with Crippen LogP contribution >= 0.6 is 11.3 Å². The molecule has 7 nitrogen and oxygen atoms in total. The molecule has 0 bridgehead atoms. The van der Waals surface area contributed by atoms with Crippen molar-refractivity contribution in [2.75, 3.05) is 12.4 Å². The van der Waals surface area contributed by atoms with Crippen molar-refractivity contribution >= 4 is 28.3 Å². The third-order valence-corrected chi connectivity index (χ3v) is 5.30. The lowest BCUT2D eigenvalue weighted by Gasteiger charge is -2.26. The highest BCUT2D eigenvalue weighted by Crippen LogP contribution is 2.32. The van der Waals surface area contributed by atoms with Gasteiger partial charge in [-0.15, -0.1) is 10.2 Å². The SMILES string of the molecule is COc1ccc(-c2nnc(NC(=O)C3CCCCC3C(=O)O)s2)cc1. The third-order valence-electron chi connectivity index (χ3n) is 4.41. The van der Waals surface area contributed by atoms with Crippen molar-refractivity contribution < 1.29 is 19.4 Å². The summed E-state index contributed by atoms with van der Waals surface area (Å²) in [5.41, 5.74) is 0.875. The molecule has 1 aliphatic carbocycles. The van der Waals surface area contributed by atoms with Gasteiger partial charge in [-0.25, -0.2) is 0 Å². The summed E-state index contributed by atoms with van der Waals surface area (Å²) in [6.45, 7) is 0. The van der Waals surface area contributed by atoms with Crippen molar-refractivity contribution in [2.45, 2.75) is 25.7 Å². The van der Waals surface area contributed by atoms with Gasteiger partial charge in [0.05, 0.1) is 18.9 Å². The van der Waals surface area contributed by atoms with E-state index >= 15 is 0 Å². The first kappa shape index (κ1) is 17.3. The smallest absolute Gasteiger partial charge is 0.307 e. The Labute approximate surface area is 149 Å². The van der Waals surface area contributed by atoms with Gasteiger partial charge in [0.15, 0.2) is 0 Å². The number of methoxy groups -OCH3 is 1. The average Bonchev–Trinajstić information content (AvgIpc) is 3.10. The highest BCUT2D eigenvalue weighted by atomic mass is 32.1.